The third kappa shape index (κ3) is 11.4. The van der Waals surface area contributed by atoms with Crippen LogP contribution in [0.15, 0.2) is 328 Å². The number of benzene rings is 14. The van der Waals surface area contributed by atoms with Crippen molar-refractivity contribution in [2.24, 2.45) is 0 Å². The van der Waals surface area contributed by atoms with Crippen molar-refractivity contribution in [2.75, 3.05) is 10.2 Å². The number of hydrogen-bond acceptors (Lipinski definition) is 4. The zero-order valence-corrected chi connectivity index (χ0v) is 53.8. The quantitative estimate of drug-likeness (QED) is 0.146. The van der Waals surface area contributed by atoms with E-state index in [1.807, 2.05) is 72.8 Å². The van der Waals surface area contributed by atoms with Crippen LogP contribution in [0.5, 0.6) is 0 Å². The van der Waals surface area contributed by atoms with Crippen LogP contribution in [0.4, 0.5) is 39.8 Å². The van der Waals surface area contributed by atoms with Gasteiger partial charge in [0.05, 0.1) is 97.6 Å². The molecule has 0 radical (unpaired) electrons. The molecule has 0 bridgehead atoms. The number of fused-ring (bicyclic) bond motifs is 12. The maximum atomic E-state index is 9.59. The van der Waals surface area contributed by atoms with Crippen LogP contribution < -0.4 is 10.2 Å². The van der Waals surface area contributed by atoms with Gasteiger partial charge in [-0.3, -0.25) is 0 Å². The molecule has 4 heterocycles. The second-order valence-electron chi connectivity index (χ2n) is 23.9. The molecule has 0 saturated carbocycles. The molecule has 14 aromatic carbocycles. The molecule has 0 aliphatic heterocycles. The van der Waals surface area contributed by atoms with Crippen LogP contribution in [0, 0.1) is 35.8 Å². The lowest BCUT2D eigenvalue weighted by molar-refractivity contribution is 1.12. The molecule has 18 rings (SSSR count). The molecular weight excluding hydrogens is 1240 g/mol. The van der Waals surface area contributed by atoms with Gasteiger partial charge in [0.25, 0.3) is 0 Å². The second kappa shape index (κ2) is 26.7. The molecule has 18 aromatic rings. The lowest BCUT2D eigenvalue weighted by Gasteiger charge is -2.27. The number of nitriles is 2. The summed E-state index contributed by atoms with van der Waals surface area (Å²) < 4.78 is 9.33. The van der Waals surface area contributed by atoms with Crippen molar-refractivity contribution in [3.8, 4) is 34.9 Å². The molecule has 11 heteroatoms. The standard InChI is InChI=1S/C44H27N5.C30H19ClN2.C14H9N3.CH4/c1-46-31-20-24-33(25-21-31)47(32-22-18-30(29-45)19-23-32)34-26-35(48-41-14-6-2-10-37(41)38-11-3-7-15-42(38)48)28-36(27-34)49-43-16-8-4-12-39(43)40-13-5-9-17-44(40)49;31-20-17-21(32-27-13-5-1-9-23(27)24-10-2-6-14-28(24)32)19-22(18-20)33-29-15-7-3-11-25(29)26-12-4-8-16-30(26)33;1-16-12-6-8-14(9-7-12)17-13-4-2-11(10-15)3-5-13;/h2-28H;1-19H;2-9,17H;1H4. The second-order valence-corrected chi connectivity index (χ2v) is 24.4. The van der Waals surface area contributed by atoms with Crippen molar-refractivity contribution in [3.63, 3.8) is 0 Å². The van der Waals surface area contributed by atoms with Crippen molar-refractivity contribution in [1.29, 1.82) is 10.5 Å². The highest BCUT2D eigenvalue weighted by molar-refractivity contribution is 6.31. The molecule has 472 valence electrons. The minimum atomic E-state index is 0. The summed E-state index contributed by atoms with van der Waals surface area (Å²) in [4.78, 5) is 9.17. The normalized spacial score (nSPS) is 10.9. The summed E-state index contributed by atoms with van der Waals surface area (Å²) in [7, 11) is 0. The van der Waals surface area contributed by atoms with Gasteiger partial charge in [-0.15, -0.1) is 0 Å². The fraction of sp³-hybridized carbons (Fsp3) is 0.0112. The summed E-state index contributed by atoms with van der Waals surface area (Å²) in [5.41, 5.74) is 20.4. The van der Waals surface area contributed by atoms with Crippen molar-refractivity contribution >= 4 is 139 Å². The Morgan fingerprint density at radius 3 is 0.820 bits per heavy atom. The van der Waals surface area contributed by atoms with E-state index in [-0.39, 0.29) is 7.43 Å². The van der Waals surface area contributed by atoms with Gasteiger partial charge in [0, 0.05) is 82.2 Å². The molecule has 0 amide bonds. The smallest absolute Gasteiger partial charge is 0.187 e. The lowest BCUT2D eigenvalue weighted by Crippen LogP contribution is -2.11. The van der Waals surface area contributed by atoms with Crippen molar-refractivity contribution in [3.05, 3.63) is 367 Å². The summed E-state index contributed by atoms with van der Waals surface area (Å²) in [6, 6.07) is 116. The average molecular weight is 1300 g/mol. The Bertz CT molecular complexity index is 5730. The van der Waals surface area contributed by atoms with Gasteiger partial charge in [0.15, 0.2) is 11.4 Å². The van der Waals surface area contributed by atoms with Crippen LogP contribution in [0.2, 0.25) is 5.02 Å². The lowest BCUT2D eigenvalue weighted by atomic mass is 10.1. The van der Waals surface area contributed by atoms with Crippen molar-refractivity contribution in [1.82, 2.24) is 18.3 Å². The van der Waals surface area contributed by atoms with Crippen LogP contribution in [-0.2, 0) is 0 Å². The van der Waals surface area contributed by atoms with Gasteiger partial charge in [0.2, 0.25) is 0 Å². The first-order chi connectivity index (χ1) is 48.8. The number of para-hydroxylation sites is 8. The third-order valence-corrected chi connectivity index (χ3v) is 18.4. The Balaban J connectivity index is 0.000000137. The SMILES string of the molecule is C.Clc1cc(-n2c3ccccc3c3ccccc32)cc(-n2c3ccccc3c3ccccc32)c1.[C-]#[N+]c1ccc(N(c2ccc(C#N)cc2)c2cc(-n3c4ccccc4c4ccccc43)cc(-n3c4ccccc4c4ccccc43)c2)cc1.[C-]#[N+]c1ccc(Nc2ccc(C#N)cc2)cc1. The zero-order chi connectivity index (χ0) is 66.9. The van der Waals surface area contributed by atoms with E-state index in [0.717, 1.165) is 73.3 Å². The summed E-state index contributed by atoms with van der Waals surface area (Å²) >= 11 is 6.76. The van der Waals surface area contributed by atoms with E-state index in [9.17, 15) is 5.26 Å². The third-order valence-electron chi connectivity index (χ3n) is 18.2. The van der Waals surface area contributed by atoms with Crippen LogP contribution >= 0.6 is 11.6 Å². The highest BCUT2D eigenvalue weighted by Gasteiger charge is 2.22. The van der Waals surface area contributed by atoms with E-state index < -0.39 is 0 Å². The fourth-order valence-electron chi connectivity index (χ4n) is 13.8. The Morgan fingerprint density at radius 1 is 0.300 bits per heavy atom. The average Bonchev–Trinajstić information content (AvgIpc) is 1.60. The van der Waals surface area contributed by atoms with Crippen LogP contribution in [0.1, 0.15) is 18.6 Å². The molecule has 0 aliphatic rings. The molecule has 0 aliphatic carbocycles. The van der Waals surface area contributed by atoms with Crippen LogP contribution in [0.25, 0.3) is 120 Å². The first kappa shape index (κ1) is 62.3. The molecule has 0 fully saturated rings. The van der Waals surface area contributed by atoms with Crippen LogP contribution in [-0.4, -0.2) is 18.3 Å². The predicted molar refractivity (Wildman–Crippen MR) is 415 cm³/mol. The highest BCUT2D eigenvalue weighted by Crippen LogP contribution is 2.43. The van der Waals surface area contributed by atoms with Crippen molar-refractivity contribution in [2.45, 2.75) is 7.43 Å². The maximum Gasteiger partial charge on any atom is 0.187 e. The van der Waals surface area contributed by atoms with Gasteiger partial charge in [-0.25, -0.2) is 9.69 Å². The predicted octanol–water partition coefficient (Wildman–Crippen LogP) is 24.8. The number of rotatable bonds is 9. The Hall–Kier alpha value is -13.9. The van der Waals surface area contributed by atoms with E-state index in [1.165, 1.54) is 65.2 Å². The summed E-state index contributed by atoms with van der Waals surface area (Å²) in [6.07, 6.45) is 0. The molecule has 4 aromatic heterocycles. The Kier molecular flexibility index (Phi) is 16.6. The molecule has 0 saturated heterocycles. The summed E-state index contributed by atoms with van der Waals surface area (Å²) in [5.74, 6) is 0. The minimum absolute atomic E-state index is 0. The molecule has 100 heavy (non-hydrogen) atoms. The monoisotopic (exact) mass is 1300 g/mol. The Morgan fingerprint density at radius 2 is 0.540 bits per heavy atom. The van der Waals surface area contributed by atoms with Gasteiger partial charge in [0.1, 0.15) is 0 Å². The summed E-state index contributed by atoms with van der Waals surface area (Å²) in [5, 5.41) is 31.9. The minimum Gasteiger partial charge on any atom is -0.356 e. The molecule has 0 unspecified atom stereocenters. The number of aromatic nitrogens is 4. The Labute approximate surface area is 583 Å². The van der Waals surface area contributed by atoms with E-state index in [4.69, 9.17) is 30.0 Å². The van der Waals surface area contributed by atoms with E-state index >= 15 is 0 Å². The van der Waals surface area contributed by atoms with Gasteiger partial charge in [-0.1, -0.05) is 189 Å². The molecule has 1 N–H and O–H groups in total. The molecule has 0 spiro atoms. The largest absolute Gasteiger partial charge is 0.356 e. The fourth-order valence-corrected chi connectivity index (χ4v) is 14.0. The van der Waals surface area contributed by atoms with E-state index in [1.54, 1.807) is 24.3 Å². The van der Waals surface area contributed by atoms with Crippen molar-refractivity contribution < 1.29 is 0 Å². The maximum absolute atomic E-state index is 9.59. The van der Waals surface area contributed by atoms with Gasteiger partial charge >= 0.3 is 0 Å². The number of halogens is 1. The molecular formula is C89H59ClN10. The summed E-state index contributed by atoms with van der Waals surface area (Å²) in [6.45, 7) is 14.4. The molecule has 0 atom stereocenters. The number of anilines is 5. The number of hydrogen-bond donors (Lipinski definition) is 1. The number of nitrogens with one attached hydrogen (secondary N) is 1. The topological polar surface area (TPSA) is 91.3 Å². The first-order valence-electron chi connectivity index (χ1n) is 32.3. The van der Waals surface area contributed by atoms with E-state index in [2.05, 4.69) is 281 Å². The highest BCUT2D eigenvalue weighted by atomic mass is 35.5. The van der Waals surface area contributed by atoms with Gasteiger partial charge in [-0.2, -0.15) is 10.5 Å². The van der Waals surface area contributed by atoms with E-state index in [0.29, 0.717) is 27.5 Å². The number of nitrogens with zero attached hydrogens (tertiary/aromatic N) is 9. The van der Waals surface area contributed by atoms with Crippen LogP contribution in [0.3, 0.4) is 0 Å². The van der Waals surface area contributed by atoms with Gasteiger partial charge < -0.3 is 28.5 Å². The first-order valence-corrected chi connectivity index (χ1v) is 32.6. The van der Waals surface area contributed by atoms with Gasteiger partial charge in [-0.05, 0) is 158 Å². The molecule has 10 nitrogen and oxygen atoms in total. The zero-order valence-electron chi connectivity index (χ0n) is 53.1.